The van der Waals surface area contributed by atoms with E-state index in [0.717, 1.165) is 5.56 Å². The molecule has 0 fully saturated rings. The SMILES string of the molecule is COc1ccncc1-c1ccc(F)c(C(C)=O)c1. The highest BCUT2D eigenvalue weighted by Gasteiger charge is 2.11. The molecule has 0 saturated carbocycles. The zero-order chi connectivity index (χ0) is 13.1. The Balaban J connectivity index is 2.58. The molecule has 0 unspecified atom stereocenters. The zero-order valence-corrected chi connectivity index (χ0v) is 10.1. The van der Waals surface area contributed by atoms with Crippen LogP contribution in [0.5, 0.6) is 5.75 Å². The number of hydrogen-bond donors (Lipinski definition) is 0. The van der Waals surface area contributed by atoms with Crippen LogP contribution in [0.3, 0.4) is 0 Å². The molecular formula is C14H12FNO2. The summed E-state index contributed by atoms with van der Waals surface area (Å²) in [6.45, 7) is 1.34. The van der Waals surface area contributed by atoms with Crippen LogP contribution < -0.4 is 4.74 Å². The van der Waals surface area contributed by atoms with E-state index in [1.807, 2.05) is 0 Å². The summed E-state index contributed by atoms with van der Waals surface area (Å²) in [5, 5.41) is 0. The molecule has 0 atom stereocenters. The molecule has 0 N–H and O–H groups in total. The third-order valence-electron chi connectivity index (χ3n) is 2.66. The smallest absolute Gasteiger partial charge is 0.162 e. The van der Waals surface area contributed by atoms with E-state index < -0.39 is 5.82 Å². The molecule has 0 aliphatic heterocycles. The minimum atomic E-state index is -0.519. The number of aromatic nitrogens is 1. The summed E-state index contributed by atoms with van der Waals surface area (Å²) in [6, 6.07) is 6.10. The Kier molecular flexibility index (Phi) is 3.37. The van der Waals surface area contributed by atoms with Crippen LogP contribution in [0.15, 0.2) is 36.7 Å². The van der Waals surface area contributed by atoms with Crippen molar-refractivity contribution in [1.29, 1.82) is 0 Å². The van der Waals surface area contributed by atoms with Crippen LogP contribution in [-0.4, -0.2) is 17.9 Å². The fourth-order valence-electron chi connectivity index (χ4n) is 1.74. The molecule has 92 valence electrons. The van der Waals surface area contributed by atoms with Crippen molar-refractivity contribution >= 4 is 5.78 Å². The normalized spacial score (nSPS) is 10.2. The van der Waals surface area contributed by atoms with Gasteiger partial charge in [0.2, 0.25) is 0 Å². The summed E-state index contributed by atoms with van der Waals surface area (Å²) in [6.07, 6.45) is 3.23. The lowest BCUT2D eigenvalue weighted by molar-refractivity contribution is 0.101. The van der Waals surface area contributed by atoms with Gasteiger partial charge in [-0.05, 0) is 30.7 Å². The number of benzene rings is 1. The second-order valence-corrected chi connectivity index (χ2v) is 3.83. The predicted octanol–water partition coefficient (Wildman–Crippen LogP) is 3.10. The summed E-state index contributed by atoms with van der Waals surface area (Å²) in [7, 11) is 1.55. The monoisotopic (exact) mass is 245 g/mol. The van der Waals surface area contributed by atoms with Crippen LogP contribution in [0.25, 0.3) is 11.1 Å². The number of carbonyl (C=O) groups is 1. The summed E-state index contributed by atoms with van der Waals surface area (Å²) >= 11 is 0. The first kappa shape index (κ1) is 12.2. The molecule has 0 aliphatic rings. The van der Waals surface area contributed by atoms with Gasteiger partial charge in [-0.2, -0.15) is 0 Å². The van der Waals surface area contributed by atoms with Gasteiger partial charge < -0.3 is 4.74 Å². The zero-order valence-electron chi connectivity index (χ0n) is 10.1. The van der Waals surface area contributed by atoms with Gasteiger partial charge in [-0.15, -0.1) is 0 Å². The summed E-state index contributed by atoms with van der Waals surface area (Å²) < 4.78 is 18.7. The van der Waals surface area contributed by atoms with Crippen molar-refractivity contribution < 1.29 is 13.9 Å². The molecule has 3 nitrogen and oxygen atoms in total. The van der Waals surface area contributed by atoms with Crippen molar-refractivity contribution in [1.82, 2.24) is 4.98 Å². The van der Waals surface area contributed by atoms with Gasteiger partial charge >= 0.3 is 0 Å². The Morgan fingerprint density at radius 3 is 2.78 bits per heavy atom. The van der Waals surface area contributed by atoms with Gasteiger partial charge in [0.05, 0.1) is 12.7 Å². The first-order valence-corrected chi connectivity index (χ1v) is 5.42. The number of pyridine rings is 1. The summed E-state index contributed by atoms with van der Waals surface area (Å²) in [4.78, 5) is 15.3. The van der Waals surface area contributed by atoms with E-state index in [-0.39, 0.29) is 11.3 Å². The van der Waals surface area contributed by atoms with Gasteiger partial charge in [-0.1, -0.05) is 6.07 Å². The molecule has 2 aromatic rings. The molecule has 2 rings (SSSR count). The fourth-order valence-corrected chi connectivity index (χ4v) is 1.74. The van der Waals surface area contributed by atoms with Crippen molar-refractivity contribution in [2.75, 3.05) is 7.11 Å². The molecule has 1 aromatic heterocycles. The number of halogens is 1. The highest BCUT2D eigenvalue weighted by molar-refractivity contribution is 5.95. The van der Waals surface area contributed by atoms with Crippen molar-refractivity contribution in [3.8, 4) is 16.9 Å². The number of ketones is 1. The van der Waals surface area contributed by atoms with Gasteiger partial charge in [0.1, 0.15) is 11.6 Å². The third-order valence-corrected chi connectivity index (χ3v) is 2.66. The van der Waals surface area contributed by atoms with Gasteiger partial charge in [-0.25, -0.2) is 4.39 Å². The maximum atomic E-state index is 13.5. The molecule has 4 heteroatoms. The van der Waals surface area contributed by atoms with Crippen LogP contribution in [0.4, 0.5) is 4.39 Å². The standard InChI is InChI=1S/C14H12FNO2/c1-9(17)11-7-10(3-4-13(11)15)12-8-16-6-5-14(12)18-2/h3-8H,1-2H3. The third kappa shape index (κ3) is 2.22. The molecule has 1 aromatic carbocycles. The second-order valence-electron chi connectivity index (χ2n) is 3.83. The van der Waals surface area contributed by atoms with Crippen molar-refractivity contribution in [3.63, 3.8) is 0 Å². The Hall–Kier alpha value is -2.23. The maximum absolute atomic E-state index is 13.5. The van der Waals surface area contributed by atoms with Gasteiger partial charge in [0.25, 0.3) is 0 Å². The Morgan fingerprint density at radius 1 is 1.33 bits per heavy atom. The first-order valence-electron chi connectivity index (χ1n) is 5.42. The largest absolute Gasteiger partial charge is 0.496 e. The number of rotatable bonds is 3. The molecule has 0 saturated heterocycles. The summed E-state index contributed by atoms with van der Waals surface area (Å²) in [5.74, 6) is -0.197. The van der Waals surface area contributed by atoms with Gasteiger partial charge in [0, 0.05) is 18.0 Å². The predicted molar refractivity (Wildman–Crippen MR) is 66.2 cm³/mol. The van der Waals surface area contributed by atoms with Crippen molar-refractivity contribution in [2.45, 2.75) is 6.92 Å². The average Bonchev–Trinajstić information content (AvgIpc) is 2.39. The van der Waals surface area contributed by atoms with E-state index >= 15 is 0 Å². The van der Waals surface area contributed by atoms with E-state index in [0.29, 0.717) is 11.3 Å². The molecule has 1 heterocycles. The van der Waals surface area contributed by atoms with Crippen molar-refractivity contribution in [3.05, 3.63) is 48.0 Å². The van der Waals surface area contributed by atoms with Crippen LogP contribution in [0, 0.1) is 5.82 Å². The van der Waals surface area contributed by atoms with E-state index in [4.69, 9.17) is 4.74 Å². The van der Waals surface area contributed by atoms with Gasteiger partial charge in [-0.3, -0.25) is 9.78 Å². The first-order chi connectivity index (χ1) is 8.63. The quantitative estimate of drug-likeness (QED) is 0.780. The topological polar surface area (TPSA) is 39.2 Å². The molecule has 0 spiro atoms. The van der Waals surface area contributed by atoms with E-state index in [9.17, 15) is 9.18 Å². The number of methoxy groups -OCH3 is 1. The lowest BCUT2D eigenvalue weighted by atomic mass is 10.0. The van der Waals surface area contributed by atoms with Gasteiger partial charge in [0.15, 0.2) is 5.78 Å². The molecule has 0 aliphatic carbocycles. The highest BCUT2D eigenvalue weighted by atomic mass is 19.1. The number of hydrogen-bond acceptors (Lipinski definition) is 3. The number of nitrogens with zero attached hydrogens (tertiary/aromatic N) is 1. The Morgan fingerprint density at radius 2 is 2.11 bits per heavy atom. The number of carbonyl (C=O) groups excluding carboxylic acids is 1. The minimum absolute atomic E-state index is 0.0680. The van der Waals surface area contributed by atoms with E-state index in [1.54, 1.807) is 31.6 Å². The fraction of sp³-hybridized carbons (Fsp3) is 0.143. The van der Waals surface area contributed by atoms with Crippen LogP contribution in [0.1, 0.15) is 17.3 Å². The second kappa shape index (κ2) is 4.96. The maximum Gasteiger partial charge on any atom is 0.162 e. The minimum Gasteiger partial charge on any atom is -0.496 e. The van der Waals surface area contributed by atoms with E-state index in [1.165, 1.54) is 19.1 Å². The molecule has 0 radical (unpaired) electrons. The van der Waals surface area contributed by atoms with Crippen molar-refractivity contribution in [2.24, 2.45) is 0 Å². The molecule has 0 bridgehead atoms. The van der Waals surface area contributed by atoms with Crippen LogP contribution in [0.2, 0.25) is 0 Å². The lowest BCUT2D eigenvalue weighted by Gasteiger charge is -2.09. The van der Waals surface area contributed by atoms with Crippen LogP contribution >= 0.6 is 0 Å². The lowest BCUT2D eigenvalue weighted by Crippen LogP contribution is -1.98. The Bertz CT molecular complexity index is 596. The number of Topliss-reactive ketones (excluding diaryl/α,β-unsaturated/α-hetero) is 1. The molecule has 18 heavy (non-hydrogen) atoms. The van der Waals surface area contributed by atoms with E-state index in [2.05, 4.69) is 4.98 Å². The average molecular weight is 245 g/mol. The molecular weight excluding hydrogens is 233 g/mol. The highest BCUT2D eigenvalue weighted by Crippen LogP contribution is 2.29. The summed E-state index contributed by atoms with van der Waals surface area (Å²) in [5.41, 5.74) is 1.49. The number of ether oxygens (including phenoxy) is 1. The van der Waals surface area contributed by atoms with Crippen LogP contribution in [-0.2, 0) is 0 Å². The Labute approximate surface area is 104 Å². The molecule has 0 amide bonds.